The van der Waals surface area contributed by atoms with Gasteiger partial charge in [0.2, 0.25) is 11.9 Å². The third-order valence-electron chi connectivity index (χ3n) is 4.72. The Morgan fingerprint density at radius 1 is 1.28 bits per heavy atom. The van der Waals surface area contributed by atoms with Crippen molar-refractivity contribution in [2.75, 3.05) is 18.0 Å². The molecular weight excluding hydrogens is 393 g/mol. The van der Waals surface area contributed by atoms with Crippen molar-refractivity contribution in [1.82, 2.24) is 20.3 Å². The summed E-state index contributed by atoms with van der Waals surface area (Å²) >= 11 is 5.85. The topological polar surface area (TPSA) is 71.0 Å². The van der Waals surface area contributed by atoms with Crippen molar-refractivity contribution in [3.63, 3.8) is 0 Å². The highest BCUT2D eigenvalue weighted by Gasteiger charge is 2.26. The highest BCUT2D eigenvalue weighted by atomic mass is 35.5. The second-order valence-corrected chi connectivity index (χ2v) is 7.37. The Bertz CT molecular complexity index is 997. The highest BCUT2D eigenvalue weighted by molar-refractivity contribution is 6.30. The SMILES string of the molecule is O=C(Cc1cc(F)cc(Cl)c1)NC1CCN(c2nccc(-c3cccnc3)n2)C1. The van der Waals surface area contributed by atoms with E-state index in [9.17, 15) is 9.18 Å². The van der Waals surface area contributed by atoms with Gasteiger partial charge in [0.05, 0.1) is 12.1 Å². The number of nitrogens with one attached hydrogen (secondary N) is 1. The average molecular weight is 412 g/mol. The van der Waals surface area contributed by atoms with Crippen LogP contribution in [-0.2, 0) is 11.2 Å². The fourth-order valence-corrected chi connectivity index (χ4v) is 3.66. The molecule has 29 heavy (non-hydrogen) atoms. The summed E-state index contributed by atoms with van der Waals surface area (Å²) < 4.78 is 13.4. The molecule has 1 saturated heterocycles. The zero-order valence-electron chi connectivity index (χ0n) is 15.6. The fourth-order valence-electron chi connectivity index (χ4n) is 3.41. The van der Waals surface area contributed by atoms with Crippen molar-refractivity contribution in [1.29, 1.82) is 0 Å². The molecule has 148 valence electrons. The second-order valence-electron chi connectivity index (χ2n) is 6.94. The molecule has 0 saturated carbocycles. The molecule has 1 atom stereocenters. The molecule has 1 amide bonds. The molecule has 1 aromatic carbocycles. The van der Waals surface area contributed by atoms with Gasteiger partial charge in [0, 0.05) is 48.3 Å². The molecule has 6 nitrogen and oxygen atoms in total. The molecule has 3 aromatic rings. The largest absolute Gasteiger partial charge is 0.351 e. The van der Waals surface area contributed by atoms with Crippen LogP contribution in [-0.4, -0.2) is 40.0 Å². The highest BCUT2D eigenvalue weighted by Crippen LogP contribution is 2.21. The minimum Gasteiger partial charge on any atom is -0.351 e. The fraction of sp³-hybridized carbons (Fsp3) is 0.238. The van der Waals surface area contributed by atoms with E-state index in [-0.39, 0.29) is 23.4 Å². The van der Waals surface area contributed by atoms with Gasteiger partial charge in [0.15, 0.2) is 0 Å². The van der Waals surface area contributed by atoms with Crippen LogP contribution in [0, 0.1) is 5.82 Å². The Kier molecular flexibility index (Phi) is 5.67. The van der Waals surface area contributed by atoms with Crippen molar-refractivity contribution in [2.45, 2.75) is 18.9 Å². The monoisotopic (exact) mass is 411 g/mol. The van der Waals surface area contributed by atoms with Gasteiger partial charge in [-0.05, 0) is 48.4 Å². The molecular formula is C21H19ClFN5O. The van der Waals surface area contributed by atoms with Gasteiger partial charge in [-0.25, -0.2) is 14.4 Å². The second kappa shape index (κ2) is 8.53. The molecule has 0 aliphatic carbocycles. The first-order valence-corrected chi connectivity index (χ1v) is 9.67. The van der Waals surface area contributed by atoms with Gasteiger partial charge in [0.1, 0.15) is 5.82 Å². The van der Waals surface area contributed by atoms with Crippen LogP contribution in [0.1, 0.15) is 12.0 Å². The number of carbonyl (C=O) groups excluding carboxylic acids is 1. The molecule has 1 N–H and O–H groups in total. The Labute approximate surface area is 172 Å². The van der Waals surface area contributed by atoms with Gasteiger partial charge in [-0.3, -0.25) is 9.78 Å². The third-order valence-corrected chi connectivity index (χ3v) is 4.94. The van der Waals surface area contributed by atoms with Crippen LogP contribution in [0.25, 0.3) is 11.3 Å². The first-order chi connectivity index (χ1) is 14.1. The average Bonchev–Trinajstić information content (AvgIpc) is 3.16. The molecule has 0 radical (unpaired) electrons. The van der Waals surface area contributed by atoms with Crippen molar-refractivity contribution >= 4 is 23.5 Å². The van der Waals surface area contributed by atoms with Crippen molar-refractivity contribution < 1.29 is 9.18 Å². The normalized spacial score (nSPS) is 16.1. The van der Waals surface area contributed by atoms with Gasteiger partial charge < -0.3 is 10.2 Å². The zero-order valence-corrected chi connectivity index (χ0v) is 16.3. The number of rotatable bonds is 5. The van der Waals surface area contributed by atoms with Crippen molar-refractivity contribution in [3.8, 4) is 11.3 Å². The summed E-state index contributed by atoms with van der Waals surface area (Å²) in [7, 11) is 0. The molecule has 1 fully saturated rings. The molecule has 3 heterocycles. The lowest BCUT2D eigenvalue weighted by Crippen LogP contribution is -2.38. The molecule has 1 aliphatic rings. The third kappa shape index (κ3) is 4.86. The lowest BCUT2D eigenvalue weighted by Gasteiger charge is -2.17. The van der Waals surface area contributed by atoms with Crippen molar-refractivity contribution in [2.24, 2.45) is 0 Å². The molecule has 1 aliphatic heterocycles. The lowest BCUT2D eigenvalue weighted by molar-refractivity contribution is -0.121. The number of pyridine rings is 1. The van der Waals surface area contributed by atoms with Gasteiger partial charge in [0.25, 0.3) is 0 Å². The molecule has 8 heteroatoms. The van der Waals surface area contributed by atoms with E-state index in [0.29, 0.717) is 18.1 Å². The van der Waals surface area contributed by atoms with E-state index < -0.39 is 5.82 Å². The maximum atomic E-state index is 13.4. The molecule has 1 unspecified atom stereocenters. The van der Waals surface area contributed by atoms with Crippen LogP contribution < -0.4 is 10.2 Å². The summed E-state index contributed by atoms with van der Waals surface area (Å²) in [6, 6.07) is 9.79. The first-order valence-electron chi connectivity index (χ1n) is 9.29. The maximum Gasteiger partial charge on any atom is 0.225 e. The minimum atomic E-state index is -0.446. The maximum absolute atomic E-state index is 13.4. The van der Waals surface area contributed by atoms with E-state index in [4.69, 9.17) is 11.6 Å². The van der Waals surface area contributed by atoms with E-state index in [2.05, 4.69) is 20.3 Å². The first kappa shape index (κ1) is 19.3. The Balaban J connectivity index is 1.37. The number of aromatic nitrogens is 3. The predicted octanol–water partition coefficient (Wildman–Crippen LogP) is 3.27. The van der Waals surface area contributed by atoms with E-state index >= 15 is 0 Å². The summed E-state index contributed by atoms with van der Waals surface area (Å²) in [5.41, 5.74) is 2.28. The molecule has 2 aromatic heterocycles. The number of hydrogen-bond donors (Lipinski definition) is 1. The Morgan fingerprint density at radius 3 is 2.97 bits per heavy atom. The summed E-state index contributed by atoms with van der Waals surface area (Å²) in [5, 5.41) is 3.28. The van der Waals surface area contributed by atoms with Gasteiger partial charge in [-0.1, -0.05) is 11.6 Å². The van der Waals surface area contributed by atoms with Crippen LogP contribution in [0.4, 0.5) is 10.3 Å². The van der Waals surface area contributed by atoms with Gasteiger partial charge in [-0.2, -0.15) is 0 Å². The van der Waals surface area contributed by atoms with E-state index in [0.717, 1.165) is 24.2 Å². The summed E-state index contributed by atoms with van der Waals surface area (Å²) in [5.74, 6) is 0.0153. The van der Waals surface area contributed by atoms with Crippen LogP contribution in [0.3, 0.4) is 0 Å². The van der Waals surface area contributed by atoms with E-state index in [1.807, 2.05) is 23.1 Å². The summed E-state index contributed by atoms with van der Waals surface area (Å²) in [6.45, 7) is 1.36. The van der Waals surface area contributed by atoms with Crippen molar-refractivity contribution in [3.05, 3.63) is 71.4 Å². The summed E-state index contributed by atoms with van der Waals surface area (Å²) in [6.07, 6.45) is 6.08. The van der Waals surface area contributed by atoms with Crippen LogP contribution in [0.5, 0.6) is 0 Å². The number of amides is 1. The Morgan fingerprint density at radius 2 is 2.17 bits per heavy atom. The van der Waals surface area contributed by atoms with Crippen LogP contribution in [0.2, 0.25) is 5.02 Å². The number of nitrogens with zero attached hydrogens (tertiary/aromatic N) is 4. The molecule has 4 rings (SSSR count). The van der Waals surface area contributed by atoms with Gasteiger partial charge >= 0.3 is 0 Å². The smallest absolute Gasteiger partial charge is 0.225 e. The quantitative estimate of drug-likeness (QED) is 0.697. The predicted molar refractivity (Wildman–Crippen MR) is 109 cm³/mol. The number of benzene rings is 1. The van der Waals surface area contributed by atoms with Gasteiger partial charge in [-0.15, -0.1) is 0 Å². The number of carbonyl (C=O) groups is 1. The Hall–Kier alpha value is -3.06. The van der Waals surface area contributed by atoms with E-state index in [1.54, 1.807) is 24.7 Å². The number of hydrogen-bond acceptors (Lipinski definition) is 5. The molecule has 0 spiro atoms. The summed E-state index contributed by atoms with van der Waals surface area (Å²) in [4.78, 5) is 27.5. The van der Waals surface area contributed by atoms with Crippen LogP contribution >= 0.6 is 11.6 Å². The number of anilines is 1. The number of halogens is 2. The van der Waals surface area contributed by atoms with Crippen LogP contribution in [0.15, 0.2) is 55.0 Å². The van der Waals surface area contributed by atoms with E-state index in [1.165, 1.54) is 12.1 Å². The zero-order chi connectivity index (χ0) is 20.2. The minimum absolute atomic E-state index is 0.0165. The lowest BCUT2D eigenvalue weighted by atomic mass is 10.1. The standard InChI is InChI=1S/C21H19ClFN5O/c22-16-8-14(9-17(23)11-16)10-20(29)26-18-4-7-28(13-18)21-25-6-3-19(27-21)15-2-1-5-24-12-15/h1-3,5-6,8-9,11-12,18H,4,7,10,13H2,(H,26,29). The molecule has 0 bridgehead atoms.